The first kappa shape index (κ1) is 12.5. The van der Waals surface area contributed by atoms with Crippen LogP contribution < -0.4 is 10.6 Å². The van der Waals surface area contributed by atoms with Gasteiger partial charge in [-0.25, -0.2) is 4.79 Å². The number of anilines is 1. The van der Waals surface area contributed by atoms with Gasteiger partial charge in [0.25, 0.3) is 0 Å². The number of urea groups is 1. The number of carbonyl (C=O) groups excluding carboxylic acids is 1. The first-order chi connectivity index (χ1) is 7.68. The maximum atomic E-state index is 11.3. The summed E-state index contributed by atoms with van der Waals surface area (Å²) in [6.45, 7) is 5.15. The van der Waals surface area contributed by atoms with Gasteiger partial charge in [-0.2, -0.15) is 0 Å². The summed E-state index contributed by atoms with van der Waals surface area (Å²) in [6.07, 6.45) is 2.47. The van der Waals surface area contributed by atoms with Crippen LogP contribution >= 0.6 is 0 Å². The molecule has 0 spiro atoms. The lowest BCUT2D eigenvalue weighted by Crippen LogP contribution is -2.30. The standard InChI is InChI=1S/C10H17N3O3/c1-8(2)15-7-3-5-11-10(14)13-9-4-6-12-16-9/h4,6,8H,3,5,7H2,1-2H3,(H2,11,13,14). The Morgan fingerprint density at radius 2 is 2.44 bits per heavy atom. The smallest absolute Gasteiger partial charge is 0.321 e. The van der Waals surface area contributed by atoms with Gasteiger partial charge in [0.05, 0.1) is 12.3 Å². The fourth-order valence-corrected chi connectivity index (χ4v) is 1.03. The molecule has 0 aliphatic heterocycles. The molecule has 90 valence electrons. The van der Waals surface area contributed by atoms with Gasteiger partial charge in [-0.3, -0.25) is 5.32 Å². The minimum atomic E-state index is -0.304. The van der Waals surface area contributed by atoms with Gasteiger partial charge in [-0.15, -0.1) is 0 Å². The van der Waals surface area contributed by atoms with E-state index in [1.54, 1.807) is 6.07 Å². The van der Waals surface area contributed by atoms with Crippen LogP contribution in [0.3, 0.4) is 0 Å². The quantitative estimate of drug-likeness (QED) is 0.724. The normalized spacial score (nSPS) is 10.4. The molecule has 6 nitrogen and oxygen atoms in total. The molecule has 0 atom stereocenters. The maximum Gasteiger partial charge on any atom is 0.321 e. The molecule has 0 unspecified atom stereocenters. The minimum Gasteiger partial charge on any atom is -0.379 e. The lowest BCUT2D eigenvalue weighted by atomic mass is 10.4. The van der Waals surface area contributed by atoms with Crippen molar-refractivity contribution in [2.75, 3.05) is 18.5 Å². The lowest BCUT2D eigenvalue weighted by Gasteiger charge is -2.08. The van der Waals surface area contributed by atoms with Gasteiger partial charge in [-0.05, 0) is 20.3 Å². The molecule has 0 bridgehead atoms. The molecule has 0 saturated carbocycles. The maximum absolute atomic E-state index is 11.3. The molecule has 1 rings (SSSR count). The Labute approximate surface area is 94.3 Å². The Kier molecular flexibility index (Phi) is 5.35. The second-order valence-corrected chi connectivity index (χ2v) is 3.53. The molecule has 0 aliphatic carbocycles. The molecule has 1 aromatic rings. The fourth-order valence-electron chi connectivity index (χ4n) is 1.03. The summed E-state index contributed by atoms with van der Waals surface area (Å²) in [5.41, 5.74) is 0. The van der Waals surface area contributed by atoms with Crippen LogP contribution in [0, 0.1) is 0 Å². The Balaban J connectivity index is 2.03. The number of nitrogens with zero attached hydrogens (tertiary/aromatic N) is 1. The average Bonchev–Trinajstić information content (AvgIpc) is 2.69. The van der Waals surface area contributed by atoms with E-state index in [1.165, 1.54) is 6.20 Å². The highest BCUT2D eigenvalue weighted by atomic mass is 16.5. The van der Waals surface area contributed by atoms with E-state index in [9.17, 15) is 4.79 Å². The van der Waals surface area contributed by atoms with Gasteiger partial charge in [0.2, 0.25) is 5.88 Å². The number of rotatable bonds is 6. The fraction of sp³-hybridized carbons (Fsp3) is 0.600. The number of aromatic nitrogens is 1. The molecule has 2 amide bonds. The predicted octanol–water partition coefficient (Wildman–Crippen LogP) is 1.61. The Bertz CT molecular complexity index is 298. The number of ether oxygens (including phenoxy) is 1. The molecule has 0 saturated heterocycles. The van der Waals surface area contributed by atoms with E-state index in [2.05, 4.69) is 15.8 Å². The number of carbonyl (C=O) groups is 1. The molecule has 0 aliphatic rings. The van der Waals surface area contributed by atoms with E-state index in [4.69, 9.17) is 9.26 Å². The van der Waals surface area contributed by atoms with E-state index in [-0.39, 0.29) is 12.1 Å². The highest BCUT2D eigenvalue weighted by molar-refractivity contribution is 5.87. The summed E-state index contributed by atoms with van der Waals surface area (Å²) in [4.78, 5) is 11.3. The highest BCUT2D eigenvalue weighted by Gasteiger charge is 2.02. The summed E-state index contributed by atoms with van der Waals surface area (Å²) < 4.78 is 10.0. The monoisotopic (exact) mass is 227 g/mol. The zero-order chi connectivity index (χ0) is 11.8. The molecule has 0 aromatic carbocycles. The van der Waals surface area contributed by atoms with E-state index < -0.39 is 0 Å². The van der Waals surface area contributed by atoms with Gasteiger partial charge in [-0.1, -0.05) is 5.16 Å². The van der Waals surface area contributed by atoms with E-state index in [0.29, 0.717) is 19.0 Å². The van der Waals surface area contributed by atoms with Crippen LogP contribution in [-0.2, 0) is 4.74 Å². The van der Waals surface area contributed by atoms with Crippen LogP contribution in [0.15, 0.2) is 16.8 Å². The van der Waals surface area contributed by atoms with Gasteiger partial charge < -0.3 is 14.6 Å². The van der Waals surface area contributed by atoms with Gasteiger partial charge in [0, 0.05) is 19.2 Å². The van der Waals surface area contributed by atoms with Crippen molar-refractivity contribution < 1.29 is 14.1 Å². The summed E-state index contributed by atoms with van der Waals surface area (Å²) in [6, 6.07) is 1.27. The molecule has 0 fully saturated rings. The molecular formula is C10H17N3O3. The Morgan fingerprint density at radius 1 is 1.62 bits per heavy atom. The first-order valence-corrected chi connectivity index (χ1v) is 5.25. The third-order valence-electron chi connectivity index (χ3n) is 1.73. The molecule has 0 radical (unpaired) electrons. The molecule has 16 heavy (non-hydrogen) atoms. The zero-order valence-electron chi connectivity index (χ0n) is 9.53. The van der Waals surface area contributed by atoms with Crippen molar-refractivity contribution in [3.05, 3.63) is 12.3 Å². The Hall–Kier alpha value is -1.56. The SMILES string of the molecule is CC(C)OCCCNC(=O)Nc1ccno1. The topological polar surface area (TPSA) is 76.4 Å². The van der Waals surface area contributed by atoms with Gasteiger partial charge in [0.15, 0.2) is 0 Å². The number of nitrogens with one attached hydrogen (secondary N) is 2. The van der Waals surface area contributed by atoms with Crippen molar-refractivity contribution in [2.45, 2.75) is 26.4 Å². The average molecular weight is 227 g/mol. The summed E-state index contributed by atoms with van der Waals surface area (Å²) in [5.74, 6) is 0.330. The lowest BCUT2D eigenvalue weighted by molar-refractivity contribution is 0.0775. The van der Waals surface area contributed by atoms with Crippen molar-refractivity contribution in [1.29, 1.82) is 0 Å². The van der Waals surface area contributed by atoms with Crippen LogP contribution in [0.25, 0.3) is 0 Å². The third kappa shape index (κ3) is 5.35. The number of hydrogen-bond acceptors (Lipinski definition) is 4. The first-order valence-electron chi connectivity index (χ1n) is 5.25. The molecule has 2 N–H and O–H groups in total. The molecule has 6 heteroatoms. The summed E-state index contributed by atoms with van der Waals surface area (Å²) >= 11 is 0. The van der Waals surface area contributed by atoms with E-state index in [1.807, 2.05) is 13.8 Å². The molecule has 1 heterocycles. The minimum absolute atomic E-state index is 0.225. The summed E-state index contributed by atoms with van der Waals surface area (Å²) in [5, 5.41) is 8.65. The van der Waals surface area contributed by atoms with Crippen molar-refractivity contribution in [3.8, 4) is 0 Å². The van der Waals surface area contributed by atoms with Crippen molar-refractivity contribution >= 4 is 11.9 Å². The van der Waals surface area contributed by atoms with Crippen LogP contribution in [0.1, 0.15) is 20.3 Å². The zero-order valence-corrected chi connectivity index (χ0v) is 9.53. The van der Waals surface area contributed by atoms with Crippen LogP contribution in [0.5, 0.6) is 0 Å². The second kappa shape index (κ2) is 6.84. The molecular weight excluding hydrogens is 210 g/mol. The number of hydrogen-bond donors (Lipinski definition) is 2. The van der Waals surface area contributed by atoms with Crippen LogP contribution in [-0.4, -0.2) is 30.4 Å². The summed E-state index contributed by atoms with van der Waals surface area (Å²) in [7, 11) is 0. The van der Waals surface area contributed by atoms with Crippen molar-refractivity contribution in [3.63, 3.8) is 0 Å². The predicted molar refractivity (Wildman–Crippen MR) is 59.2 cm³/mol. The van der Waals surface area contributed by atoms with Gasteiger partial charge in [0.1, 0.15) is 0 Å². The Morgan fingerprint density at radius 3 is 3.06 bits per heavy atom. The van der Waals surface area contributed by atoms with Gasteiger partial charge >= 0.3 is 6.03 Å². The number of amides is 2. The third-order valence-corrected chi connectivity index (χ3v) is 1.73. The highest BCUT2D eigenvalue weighted by Crippen LogP contribution is 2.02. The van der Waals surface area contributed by atoms with E-state index >= 15 is 0 Å². The second-order valence-electron chi connectivity index (χ2n) is 3.53. The molecule has 1 aromatic heterocycles. The van der Waals surface area contributed by atoms with Crippen molar-refractivity contribution in [2.24, 2.45) is 0 Å². The largest absolute Gasteiger partial charge is 0.379 e. The van der Waals surface area contributed by atoms with Crippen LogP contribution in [0.2, 0.25) is 0 Å². The van der Waals surface area contributed by atoms with E-state index in [0.717, 1.165) is 6.42 Å². The van der Waals surface area contributed by atoms with Crippen molar-refractivity contribution in [1.82, 2.24) is 10.5 Å². The van der Waals surface area contributed by atoms with Crippen LogP contribution in [0.4, 0.5) is 10.7 Å².